The van der Waals surface area contributed by atoms with Crippen molar-refractivity contribution in [3.63, 3.8) is 0 Å². The predicted octanol–water partition coefficient (Wildman–Crippen LogP) is 8.90. The second-order valence-electron chi connectivity index (χ2n) is 12.1. The Labute approximate surface area is 338 Å². The first kappa shape index (κ1) is 44.4. The third-order valence-electron chi connectivity index (χ3n) is 7.32. The standard InChI is InChI=1S/C20H20Cl2N2O5.C19H19Cl2NO4/c1-3-17(25)24-14-5-11(2)4-12(6-14)10-29-19-15(21)7-13(8-16(19)22)20(28)23-9-18(26)27;1-3-17(23)22-14-5-11(2)4-13(6-14)10-26-19-15(20)7-12(8-16(19)21)9-18(24)25/h4-8H,3,9-10H2,1-2H3,(H,23,28)(H,24,25)(H,26,27);4-8H,3,9-10H2,1-2H3,(H,22,23)(H,24,25). The lowest BCUT2D eigenvalue weighted by Crippen LogP contribution is -2.29. The number of amides is 3. The average Bonchev–Trinajstić information content (AvgIpc) is 3.09. The van der Waals surface area contributed by atoms with E-state index in [4.69, 9.17) is 66.1 Å². The van der Waals surface area contributed by atoms with Crippen LogP contribution in [0.5, 0.6) is 11.5 Å². The number of aryl methyl sites for hydroxylation is 2. The number of carboxylic acid groups (broad SMARTS) is 2. The second-order valence-corrected chi connectivity index (χ2v) is 13.7. The molecule has 0 bridgehead atoms. The molecule has 5 N–H and O–H groups in total. The molecule has 292 valence electrons. The van der Waals surface area contributed by atoms with E-state index in [1.807, 2.05) is 44.2 Å². The van der Waals surface area contributed by atoms with Gasteiger partial charge >= 0.3 is 11.9 Å². The van der Waals surface area contributed by atoms with E-state index < -0.39 is 24.4 Å². The SMILES string of the molecule is CCC(=O)Nc1cc(C)cc(COc2c(Cl)cc(C(=O)NCC(=O)O)cc2Cl)c1.CCC(=O)Nc1cc(C)cc(COc2c(Cl)cc(CC(=O)O)cc2Cl)c1. The number of anilines is 2. The highest BCUT2D eigenvalue weighted by atomic mass is 35.5. The second kappa shape index (κ2) is 21.2. The summed E-state index contributed by atoms with van der Waals surface area (Å²) in [5.41, 5.74) is 5.55. The molecule has 3 amide bonds. The number of hydrogen-bond donors (Lipinski definition) is 5. The van der Waals surface area contributed by atoms with Gasteiger partial charge in [0.25, 0.3) is 5.91 Å². The van der Waals surface area contributed by atoms with Crippen LogP contribution < -0.4 is 25.4 Å². The van der Waals surface area contributed by atoms with Gasteiger partial charge in [-0.2, -0.15) is 0 Å². The van der Waals surface area contributed by atoms with Gasteiger partial charge in [-0.05, 0) is 90.2 Å². The van der Waals surface area contributed by atoms with Crippen molar-refractivity contribution in [3.05, 3.63) is 114 Å². The maximum Gasteiger partial charge on any atom is 0.322 e. The number of hydrogen-bond acceptors (Lipinski definition) is 7. The molecule has 0 aliphatic rings. The molecule has 0 aliphatic heterocycles. The molecule has 0 fully saturated rings. The number of benzene rings is 4. The molecular formula is C39H39Cl4N3O9. The molecule has 0 radical (unpaired) electrons. The largest absolute Gasteiger partial charge is 0.486 e. The molecule has 0 unspecified atom stereocenters. The minimum Gasteiger partial charge on any atom is -0.486 e. The summed E-state index contributed by atoms with van der Waals surface area (Å²) in [7, 11) is 0. The number of ether oxygens (including phenoxy) is 2. The number of nitrogens with one attached hydrogen (secondary N) is 3. The maximum absolute atomic E-state index is 12.0. The lowest BCUT2D eigenvalue weighted by molar-refractivity contribution is -0.137. The van der Waals surface area contributed by atoms with Crippen LogP contribution in [0.25, 0.3) is 0 Å². The molecule has 0 saturated carbocycles. The highest BCUT2D eigenvalue weighted by Crippen LogP contribution is 2.36. The van der Waals surface area contributed by atoms with Crippen LogP contribution in [-0.2, 0) is 38.8 Å². The van der Waals surface area contributed by atoms with Crippen molar-refractivity contribution in [2.24, 2.45) is 0 Å². The van der Waals surface area contributed by atoms with E-state index >= 15 is 0 Å². The molecule has 12 nitrogen and oxygen atoms in total. The molecule has 0 saturated heterocycles. The summed E-state index contributed by atoms with van der Waals surface area (Å²) >= 11 is 24.7. The van der Waals surface area contributed by atoms with Gasteiger partial charge in [0, 0.05) is 29.8 Å². The Bertz CT molecular complexity index is 2030. The van der Waals surface area contributed by atoms with E-state index in [1.54, 1.807) is 19.9 Å². The van der Waals surface area contributed by atoms with Gasteiger partial charge in [0.15, 0.2) is 11.5 Å². The normalized spacial score (nSPS) is 10.4. The summed E-state index contributed by atoms with van der Waals surface area (Å²) in [4.78, 5) is 56.5. The average molecular weight is 836 g/mol. The molecule has 0 spiro atoms. The zero-order chi connectivity index (χ0) is 40.8. The van der Waals surface area contributed by atoms with Gasteiger partial charge in [-0.1, -0.05) is 72.4 Å². The first-order chi connectivity index (χ1) is 26.0. The summed E-state index contributed by atoms with van der Waals surface area (Å²) in [6.45, 7) is 7.20. The van der Waals surface area contributed by atoms with Crippen molar-refractivity contribution >= 4 is 87.4 Å². The molecule has 0 aliphatic carbocycles. The quantitative estimate of drug-likeness (QED) is 0.0782. The third-order valence-corrected chi connectivity index (χ3v) is 8.45. The van der Waals surface area contributed by atoms with Gasteiger partial charge in [-0.15, -0.1) is 0 Å². The first-order valence-corrected chi connectivity index (χ1v) is 18.2. The summed E-state index contributed by atoms with van der Waals surface area (Å²) in [6, 6.07) is 16.9. The number of carboxylic acids is 2. The van der Waals surface area contributed by atoms with Crippen molar-refractivity contribution < 1.29 is 43.7 Å². The maximum atomic E-state index is 12.0. The molecule has 0 heterocycles. The van der Waals surface area contributed by atoms with Gasteiger partial charge in [-0.3, -0.25) is 24.0 Å². The fourth-order valence-corrected chi connectivity index (χ4v) is 6.20. The van der Waals surface area contributed by atoms with Crippen molar-refractivity contribution in [2.45, 2.75) is 60.2 Å². The molecule has 55 heavy (non-hydrogen) atoms. The minimum absolute atomic E-state index is 0.0671. The number of carbonyl (C=O) groups excluding carboxylic acids is 3. The van der Waals surface area contributed by atoms with E-state index in [0.29, 0.717) is 35.5 Å². The zero-order valence-electron chi connectivity index (χ0n) is 30.3. The monoisotopic (exact) mass is 833 g/mol. The predicted molar refractivity (Wildman–Crippen MR) is 213 cm³/mol. The summed E-state index contributed by atoms with van der Waals surface area (Å²) in [6.07, 6.45) is 0.600. The fraction of sp³-hybridized carbons (Fsp3) is 0.256. The first-order valence-electron chi connectivity index (χ1n) is 16.7. The van der Waals surface area contributed by atoms with Crippen LogP contribution >= 0.6 is 46.4 Å². The topological polar surface area (TPSA) is 180 Å². The summed E-state index contributed by atoms with van der Waals surface area (Å²) in [5, 5.41) is 26.1. The molecule has 4 aromatic carbocycles. The van der Waals surface area contributed by atoms with Gasteiger partial charge < -0.3 is 35.6 Å². The molecule has 16 heteroatoms. The molecule has 4 rings (SSSR count). The Balaban J connectivity index is 0.000000297. The van der Waals surface area contributed by atoms with Crippen LogP contribution in [-0.4, -0.2) is 46.4 Å². The number of halogens is 4. The van der Waals surface area contributed by atoms with Crippen molar-refractivity contribution in [1.29, 1.82) is 0 Å². The lowest BCUT2D eigenvalue weighted by atomic mass is 10.1. The highest BCUT2D eigenvalue weighted by molar-refractivity contribution is 6.38. The van der Waals surface area contributed by atoms with Crippen molar-refractivity contribution in [1.82, 2.24) is 5.32 Å². The Morgan fingerprint density at radius 2 is 1.00 bits per heavy atom. The van der Waals surface area contributed by atoms with Crippen molar-refractivity contribution in [3.8, 4) is 11.5 Å². The highest BCUT2D eigenvalue weighted by Gasteiger charge is 2.16. The molecule has 4 aromatic rings. The summed E-state index contributed by atoms with van der Waals surface area (Å²) in [5.74, 6) is -2.41. The van der Waals surface area contributed by atoms with E-state index in [9.17, 15) is 24.0 Å². The lowest BCUT2D eigenvalue weighted by Gasteiger charge is -2.13. The number of carbonyl (C=O) groups is 5. The molecule has 0 atom stereocenters. The van der Waals surface area contributed by atoms with E-state index in [-0.39, 0.29) is 62.9 Å². The van der Waals surface area contributed by atoms with Crippen LogP contribution in [0, 0.1) is 13.8 Å². The Morgan fingerprint density at radius 3 is 1.38 bits per heavy atom. The fourth-order valence-electron chi connectivity index (χ4n) is 4.96. The Morgan fingerprint density at radius 1 is 0.582 bits per heavy atom. The van der Waals surface area contributed by atoms with Gasteiger partial charge in [0.1, 0.15) is 19.8 Å². The van der Waals surface area contributed by atoms with Crippen LogP contribution in [0.3, 0.4) is 0 Å². The molecular weight excluding hydrogens is 796 g/mol. The summed E-state index contributed by atoms with van der Waals surface area (Å²) < 4.78 is 11.5. The van der Waals surface area contributed by atoms with E-state index in [1.165, 1.54) is 24.3 Å². The Kier molecular flexibility index (Phi) is 17.1. The Hall–Kier alpha value is -5.01. The number of rotatable bonds is 15. The third kappa shape index (κ3) is 14.6. The van der Waals surface area contributed by atoms with Crippen LogP contribution in [0.2, 0.25) is 20.1 Å². The van der Waals surface area contributed by atoms with E-state index in [0.717, 1.165) is 22.3 Å². The van der Waals surface area contributed by atoms with Gasteiger partial charge in [-0.25, -0.2) is 0 Å². The minimum atomic E-state index is -1.16. The van der Waals surface area contributed by atoms with Crippen molar-refractivity contribution in [2.75, 3.05) is 17.2 Å². The van der Waals surface area contributed by atoms with Crippen LogP contribution in [0.15, 0.2) is 60.7 Å². The van der Waals surface area contributed by atoms with Gasteiger partial charge in [0.2, 0.25) is 11.8 Å². The van der Waals surface area contributed by atoms with E-state index in [2.05, 4.69) is 16.0 Å². The van der Waals surface area contributed by atoms with Gasteiger partial charge in [0.05, 0.1) is 26.5 Å². The van der Waals surface area contributed by atoms with Crippen LogP contribution in [0.1, 0.15) is 64.9 Å². The zero-order valence-corrected chi connectivity index (χ0v) is 33.3. The van der Waals surface area contributed by atoms with Crippen LogP contribution in [0.4, 0.5) is 11.4 Å². The smallest absolute Gasteiger partial charge is 0.322 e. The number of aliphatic carboxylic acids is 2. The molecule has 0 aromatic heterocycles.